The maximum atomic E-state index is 13.4. The molecule has 31 heavy (non-hydrogen) atoms. The normalized spacial score (nSPS) is 11.0. The van der Waals surface area contributed by atoms with Crippen LogP contribution < -0.4 is 14.4 Å². The van der Waals surface area contributed by atoms with E-state index >= 15 is 0 Å². The summed E-state index contributed by atoms with van der Waals surface area (Å²) in [5.41, 5.74) is 1.86. The van der Waals surface area contributed by atoms with Crippen LogP contribution in [0.15, 0.2) is 83.8 Å². The van der Waals surface area contributed by atoms with Gasteiger partial charge in [-0.3, -0.25) is 9.10 Å². The lowest BCUT2D eigenvalue weighted by molar-refractivity contribution is -0.114. The van der Waals surface area contributed by atoms with Crippen LogP contribution in [0.2, 0.25) is 0 Å². The number of hydrogen-bond donors (Lipinski definition) is 1. The van der Waals surface area contributed by atoms with E-state index in [4.69, 9.17) is 4.74 Å². The van der Waals surface area contributed by atoms with Crippen molar-refractivity contribution in [2.24, 2.45) is 0 Å². The predicted molar refractivity (Wildman–Crippen MR) is 123 cm³/mol. The smallest absolute Gasteiger partial charge is 0.264 e. The van der Waals surface area contributed by atoms with Gasteiger partial charge in [-0.15, -0.1) is 0 Å². The van der Waals surface area contributed by atoms with E-state index in [-0.39, 0.29) is 11.4 Å². The molecule has 1 amide bonds. The molecule has 0 saturated heterocycles. The predicted octanol–water partition coefficient (Wildman–Crippen LogP) is 4.62. The van der Waals surface area contributed by atoms with Crippen molar-refractivity contribution >= 4 is 27.3 Å². The number of carbonyl (C=O) groups is 1. The SMILES string of the molecule is CCCOc1ccccc1NC(=O)CN(c1ccccc1)S(=O)(=O)c1ccc(C)cc1. The maximum absolute atomic E-state index is 13.4. The molecular formula is C24H26N2O4S. The summed E-state index contributed by atoms with van der Waals surface area (Å²) < 4.78 is 33.5. The minimum atomic E-state index is -3.94. The number of amides is 1. The number of rotatable bonds is 9. The molecular weight excluding hydrogens is 412 g/mol. The molecule has 0 aliphatic rings. The third-order valence-electron chi connectivity index (χ3n) is 4.56. The Hall–Kier alpha value is -3.32. The molecule has 0 aliphatic heterocycles. The molecule has 162 valence electrons. The van der Waals surface area contributed by atoms with Crippen LogP contribution in [0.1, 0.15) is 18.9 Å². The highest BCUT2D eigenvalue weighted by Gasteiger charge is 2.27. The Morgan fingerprint density at radius 3 is 2.26 bits per heavy atom. The van der Waals surface area contributed by atoms with Gasteiger partial charge in [0.25, 0.3) is 10.0 Å². The van der Waals surface area contributed by atoms with Crippen molar-refractivity contribution in [2.45, 2.75) is 25.2 Å². The van der Waals surface area contributed by atoms with Crippen LogP contribution in [-0.2, 0) is 14.8 Å². The first-order valence-corrected chi connectivity index (χ1v) is 11.5. The lowest BCUT2D eigenvalue weighted by atomic mass is 10.2. The molecule has 0 fully saturated rings. The molecule has 0 heterocycles. The van der Waals surface area contributed by atoms with Crippen molar-refractivity contribution < 1.29 is 17.9 Å². The lowest BCUT2D eigenvalue weighted by Crippen LogP contribution is -2.38. The zero-order valence-electron chi connectivity index (χ0n) is 17.6. The quantitative estimate of drug-likeness (QED) is 0.529. The van der Waals surface area contributed by atoms with E-state index < -0.39 is 15.9 Å². The second-order valence-electron chi connectivity index (χ2n) is 7.05. The second-order valence-corrected chi connectivity index (χ2v) is 8.92. The van der Waals surface area contributed by atoms with Crippen molar-refractivity contribution in [3.05, 3.63) is 84.4 Å². The molecule has 3 aromatic rings. The minimum absolute atomic E-state index is 0.126. The summed E-state index contributed by atoms with van der Waals surface area (Å²) in [5.74, 6) is 0.0810. The summed E-state index contributed by atoms with van der Waals surface area (Å²) in [6.07, 6.45) is 0.832. The largest absolute Gasteiger partial charge is 0.491 e. The molecule has 3 rings (SSSR count). The summed E-state index contributed by atoms with van der Waals surface area (Å²) >= 11 is 0. The van der Waals surface area contributed by atoms with Crippen LogP contribution in [0.4, 0.5) is 11.4 Å². The van der Waals surface area contributed by atoms with Crippen molar-refractivity contribution in [1.82, 2.24) is 0 Å². The molecule has 0 bridgehead atoms. The van der Waals surface area contributed by atoms with Gasteiger partial charge in [0.1, 0.15) is 12.3 Å². The van der Waals surface area contributed by atoms with Crippen LogP contribution >= 0.6 is 0 Å². The van der Waals surface area contributed by atoms with Gasteiger partial charge < -0.3 is 10.1 Å². The average molecular weight is 439 g/mol. The van der Waals surface area contributed by atoms with Crippen LogP contribution in [0.3, 0.4) is 0 Å². The van der Waals surface area contributed by atoms with E-state index in [0.29, 0.717) is 23.7 Å². The van der Waals surface area contributed by atoms with E-state index in [0.717, 1.165) is 16.3 Å². The van der Waals surface area contributed by atoms with E-state index in [1.165, 1.54) is 0 Å². The number of nitrogens with zero attached hydrogens (tertiary/aromatic N) is 1. The monoisotopic (exact) mass is 438 g/mol. The molecule has 7 heteroatoms. The van der Waals surface area contributed by atoms with E-state index in [1.807, 2.05) is 19.9 Å². The van der Waals surface area contributed by atoms with Gasteiger partial charge in [-0.1, -0.05) is 55.0 Å². The maximum Gasteiger partial charge on any atom is 0.264 e. The second kappa shape index (κ2) is 10.1. The summed E-state index contributed by atoms with van der Waals surface area (Å²) in [4.78, 5) is 13.0. The van der Waals surface area contributed by atoms with Gasteiger partial charge in [0, 0.05) is 0 Å². The highest BCUT2D eigenvalue weighted by atomic mass is 32.2. The number of ether oxygens (including phenoxy) is 1. The first kappa shape index (κ1) is 22.4. The summed E-state index contributed by atoms with van der Waals surface area (Å²) in [6.45, 7) is 4.03. The topological polar surface area (TPSA) is 75.7 Å². The number of para-hydroxylation sites is 3. The van der Waals surface area contributed by atoms with Crippen molar-refractivity contribution in [3.63, 3.8) is 0 Å². The zero-order chi connectivity index (χ0) is 22.3. The molecule has 0 atom stereocenters. The van der Waals surface area contributed by atoms with Crippen LogP contribution in [-0.4, -0.2) is 27.5 Å². The van der Waals surface area contributed by atoms with Gasteiger partial charge in [0.2, 0.25) is 5.91 Å². The third kappa shape index (κ3) is 5.64. The Kier molecular flexibility index (Phi) is 7.31. The molecule has 0 unspecified atom stereocenters. The standard InChI is InChI=1S/C24H26N2O4S/c1-3-17-30-23-12-8-7-11-22(23)25-24(27)18-26(20-9-5-4-6-10-20)31(28,29)21-15-13-19(2)14-16-21/h4-16H,3,17-18H2,1-2H3,(H,25,27). The third-order valence-corrected chi connectivity index (χ3v) is 6.35. The molecule has 0 saturated carbocycles. The van der Waals surface area contributed by atoms with Gasteiger partial charge in [-0.05, 0) is 49.7 Å². The summed E-state index contributed by atoms with van der Waals surface area (Å²) in [7, 11) is -3.94. The first-order valence-electron chi connectivity index (χ1n) is 10.1. The van der Waals surface area contributed by atoms with Crippen LogP contribution in [0, 0.1) is 6.92 Å². The fourth-order valence-electron chi connectivity index (χ4n) is 2.97. The number of nitrogens with one attached hydrogen (secondary N) is 1. The first-order chi connectivity index (χ1) is 14.9. The Bertz CT molecular complexity index is 1110. The summed E-state index contributed by atoms with van der Waals surface area (Å²) in [6, 6.07) is 22.3. The fraction of sp³-hybridized carbons (Fsp3) is 0.208. The Morgan fingerprint density at radius 2 is 1.58 bits per heavy atom. The Labute approximate surface area is 183 Å². The molecule has 0 radical (unpaired) electrons. The molecule has 6 nitrogen and oxygen atoms in total. The van der Waals surface area contributed by atoms with Crippen molar-refractivity contribution in [2.75, 3.05) is 22.8 Å². The lowest BCUT2D eigenvalue weighted by Gasteiger charge is -2.24. The average Bonchev–Trinajstić information content (AvgIpc) is 2.77. The highest BCUT2D eigenvalue weighted by molar-refractivity contribution is 7.92. The fourth-order valence-corrected chi connectivity index (χ4v) is 4.40. The Balaban J connectivity index is 1.88. The number of benzene rings is 3. The molecule has 3 aromatic carbocycles. The number of hydrogen-bond acceptors (Lipinski definition) is 4. The zero-order valence-corrected chi connectivity index (χ0v) is 18.4. The van der Waals surface area contributed by atoms with Gasteiger partial charge in [0.15, 0.2) is 0 Å². The van der Waals surface area contributed by atoms with Crippen LogP contribution in [0.25, 0.3) is 0 Å². The van der Waals surface area contributed by atoms with Gasteiger partial charge in [0.05, 0.1) is 22.9 Å². The van der Waals surface area contributed by atoms with Crippen molar-refractivity contribution in [1.29, 1.82) is 0 Å². The molecule has 1 N–H and O–H groups in total. The van der Waals surface area contributed by atoms with E-state index in [1.54, 1.807) is 72.8 Å². The molecule has 0 aromatic heterocycles. The van der Waals surface area contributed by atoms with E-state index in [2.05, 4.69) is 5.32 Å². The van der Waals surface area contributed by atoms with Gasteiger partial charge in [-0.2, -0.15) is 0 Å². The van der Waals surface area contributed by atoms with Gasteiger partial charge >= 0.3 is 0 Å². The van der Waals surface area contributed by atoms with E-state index in [9.17, 15) is 13.2 Å². The number of anilines is 2. The summed E-state index contributed by atoms with van der Waals surface area (Å²) in [5, 5.41) is 2.78. The van der Waals surface area contributed by atoms with Crippen LogP contribution in [0.5, 0.6) is 5.75 Å². The Morgan fingerprint density at radius 1 is 0.935 bits per heavy atom. The highest BCUT2D eigenvalue weighted by Crippen LogP contribution is 2.26. The molecule has 0 aliphatic carbocycles. The number of aryl methyl sites for hydroxylation is 1. The minimum Gasteiger partial charge on any atom is -0.491 e. The number of carbonyl (C=O) groups excluding carboxylic acids is 1. The number of sulfonamides is 1. The van der Waals surface area contributed by atoms with Gasteiger partial charge in [-0.25, -0.2) is 8.42 Å². The van der Waals surface area contributed by atoms with Crippen molar-refractivity contribution in [3.8, 4) is 5.75 Å². The molecule has 0 spiro atoms.